The maximum atomic E-state index is 13.4. The van der Waals surface area contributed by atoms with E-state index in [1.165, 1.54) is 12.3 Å². The predicted octanol–water partition coefficient (Wildman–Crippen LogP) is 2.87. The van der Waals surface area contributed by atoms with E-state index in [0.29, 0.717) is 6.54 Å². The van der Waals surface area contributed by atoms with E-state index in [4.69, 9.17) is 4.42 Å². The Morgan fingerprint density at radius 2 is 1.95 bits per heavy atom. The molecule has 0 aliphatic carbocycles. The highest BCUT2D eigenvalue weighted by Gasteiger charge is 2.18. The molecule has 1 aromatic carbocycles. The highest BCUT2D eigenvalue weighted by molar-refractivity contribution is 5.98. The number of Topliss-reactive ketones (excluding diaryl/α,β-unsaturated/α-hetero) is 1. The van der Waals surface area contributed by atoms with Crippen LogP contribution in [0, 0.1) is 11.6 Å². The molecular weight excluding hydrogens is 252 g/mol. The molecule has 100 valence electrons. The number of furan rings is 1. The number of halogens is 2. The van der Waals surface area contributed by atoms with Crippen LogP contribution in [0.25, 0.3) is 0 Å². The smallest absolute Gasteiger partial charge is 0.182 e. The molecule has 0 aliphatic heterocycles. The van der Waals surface area contributed by atoms with Gasteiger partial charge in [-0.2, -0.15) is 0 Å². The van der Waals surface area contributed by atoms with Gasteiger partial charge in [0, 0.05) is 12.1 Å². The molecule has 0 radical (unpaired) electrons. The van der Waals surface area contributed by atoms with Crippen molar-refractivity contribution in [3.05, 3.63) is 59.6 Å². The first-order chi connectivity index (χ1) is 9.08. The van der Waals surface area contributed by atoms with E-state index in [1.54, 1.807) is 24.3 Å². The first-order valence-electron chi connectivity index (χ1n) is 5.74. The average Bonchev–Trinajstić information content (AvgIpc) is 2.81. The molecular formula is C14H13F2NO2. The van der Waals surface area contributed by atoms with Gasteiger partial charge < -0.3 is 4.42 Å². The van der Waals surface area contributed by atoms with Crippen LogP contribution in [-0.4, -0.2) is 24.3 Å². The zero-order valence-corrected chi connectivity index (χ0v) is 10.4. The Morgan fingerprint density at radius 1 is 1.26 bits per heavy atom. The van der Waals surface area contributed by atoms with Crippen molar-refractivity contribution in [2.45, 2.75) is 6.54 Å². The number of nitrogens with zero attached hydrogens (tertiary/aromatic N) is 1. The summed E-state index contributed by atoms with van der Waals surface area (Å²) < 4.78 is 31.8. The molecule has 0 atom stereocenters. The number of hydrogen-bond donors (Lipinski definition) is 0. The van der Waals surface area contributed by atoms with Gasteiger partial charge in [-0.05, 0) is 25.2 Å². The Balaban J connectivity index is 2.04. The molecule has 0 saturated carbocycles. The number of carbonyl (C=O) groups excluding carboxylic acids is 1. The van der Waals surface area contributed by atoms with Crippen LogP contribution >= 0.6 is 0 Å². The van der Waals surface area contributed by atoms with Crippen molar-refractivity contribution in [3.63, 3.8) is 0 Å². The van der Waals surface area contributed by atoms with Gasteiger partial charge in [-0.15, -0.1) is 0 Å². The second-order valence-corrected chi connectivity index (χ2v) is 4.32. The van der Waals surface area contributed by atoms with E-state index in [0.717, 1.165) is 17.7 Å². The molecule has 1 heterocycles. The molecule has 5 heteroatoms. The molecule has 0 aliphatic rings. The summed E-state index contributed by atoms with van der Waals surface area (Å²) >= 11 is 0. The van der Waals surface area contributed by atoms with Crippen LogP contribution in [0.2, 0.25) is 0 Å². The lowest BCUT2D eigenvalue weighted by atomic mass is 10.1. The minimum absolute atomic E-state index is 0.0664. The summed E-state index contributed by atoms with van der Waals surface area (Å²) in [5.41, 5.74) is 0.408. The van der Waals surface area contributed by atoms with Crippen molar-refractivity contribution in [3.8, 4) is 0 Å². The molecule has 0 fully saturated rings. The molecule has 3 nitrogen and oxygen atoms in total. The van der Waals surface area contributed by atoms with Crippen LogP contribution in [0.15, 0.2) is 41.2 Å². The van der Waals surface area contributed by atoms with Crippen molar-refractivity contribution in [2.75, 3.05) is 13.6 Å². The second kappa shape index (κ2) is 5.75. The average molecular weight is 265 g/mol. The van der Waals surface area contributed by atoms with Gasteiger partial charge in [0.05, 0.1) is 24.6 Å². The van der Waals surface area contributed by atoms with Crippen LogP contribution in [0.5, 0.6) is 0 Å². The Hall–Kier alpha value is -2.01. The number of rotatable bonds is 5. The topological polar surface area (TPSA) is 33.5 Å². The fourth-order valence-corrected chi connectivity index (χ4v) is 1.84. The summed E-state index contributed by atoms with van der Waals surface area (Å²) in [7, 11) is 1.70. The van der Waals surface area contributed by atoms with Gasteiger partial charge in [-0.3, -0.25) is 9.69 Å². The van der Waals surface area contributed by atoms with Crippen LogP contribution in [0.4, 0.5) is 8.78 Å². The van der Waals surface area contributed by atoms with Crippen molar-refractivity contribution < 1.29 is 18.0 Å². The lowest BCUT2D eigenvalue weighted by Gasteiger charge is -2.15. The lowest BCUT2D eigenvalue weighted by molar-refractivity contribution is 0.0934. The Bertz CT molecular complexity index is 547. The van der Waals surface area contributed by atoms with Gasteiger partial charge in [0.2, 0.25) is 0 Å². The number of likely N-dealkylation sites (N-methyl/N-ethyl adjacent to an activating group) is 1. The molecule has 0 N–H and O–H groups in total. The summed E-state index contributed by atoms with van der Waals surface area (Å²) in [5.74, 6) is -2.25. The number of hydrogen-bond acceptors (Lipinski definition) is 3. The monoisotopic (exact) mass is 265 g/mol. The van der Waals surface area contributed by atoms with Crippen molar-refractivity contribution in [1.29, 1.82) is 0 Å². The maximum absolute atomic E-state index is 13.4. The summed E-state index contributed by atoms with van der Waals surface area (Å²) in [4.78, 5) is 13.5. The third kappa shape index (κ3) is 3.26. The summed E-state index contributed by atoms with van der Waals surface area (Å²) in [6.45, 7) is 0.404. The quantitative estimate of drug-likeness (QED) is 0.779. The van der Waals surface area contributed by atoms with Gasteiger partial charge in [-0.25, -0.2) is 8.78 Å². The van der Waals surface area contributed by atoms with Gasteiger partial charge in [0.25, 0.3) is 0 Å². The zero-order valence-electron chi connectivity index (χ0n) is 10.4. The molecule has 0 bridgehead atoms. The molecule has 2 aromatic rings. The number of ketones is 1. The molecule has 0 spiro atoms. The normalized spacial score (nSPS) is 10.9. The summed E-state index contributed by atoms with van der Waals surface area (Å²) in [6, 6.07) is 5.15. The van der Waals surface area contributed by atoms with Crippen molar-refractivity contribution in [1.82, 2.24) is 4.90 Å². The minimum atomic E-state index is -0.832. The SMILES string of the molecule is CN(CC(=O)c1c(F)cccc1F)Cc1ccoc1. The number of carbonyl (C=O) groups is 1. The first kappa shape index (κ1) is 13.4. The van der Waals surface area contributed by atoms with E-state index >= 15 is 0 Å². The highest BCUT2D eigenvalue weighted by atomic mass is 19.1. The summed E-state index contributed by atoms with van der Waals surface area (Å²) in [5, 5.41) is 0. The minimum Gasteiger partial charge on any atom is -0.472 e. The standard InChI is InChI=1S/C14H13F2NO2/c1-17(7-10-5-6-19-9-10)8-13(18)14-11(15)3-2-4-12(14)16/h2-6,9H,7-8H2,1H3. The van der Waals surface area contributed by atoms with Crippen molar-refractivity contribution in [2.24, 2.45) is 0 Å². The van der Waals surface area contributed by atoms with Crippen LogP contribution in [-0.2, 0) is 6.54 Å². The van der Waals surface area contributed by atoms with Gasteiger partial charge in [-0.1, -0.05) is 6.07 Å². The Labute approximate surface area is 109 Å². The van der Waals surface area contributed by atoms with Crippen molar-refractivity contribution >= 4 is 5.78 Å². The van der Waals surface area contributed by atoms with Gasteiger partial charge >= 0.3 is 0 Å². The lowest BCUT2D eigenvalue weighted by Crippen LogP contribution is -2.26. The third-order valence-electron chi connectivity index (χ3n) is 2.69. The fourth-order valence-electron chi connectivity index (χ4n) is 1.84. The van der Waals surface area contributed by atoms with Gasteiger partial charge in [0.15, 0.2) is 5.78 Å². The number of benzene rings is 1. The Morgan fingerprint density at radius 3 is 2.53 bits per heavy atom. The van der Waals surface area contributed by atoms with E-state index in [1.807, 2.05) is 0 Å². The molecule has 0 unspecified atom stereocenters. The van der Waals surface area contributed by atoms with Crippen LogP contribution in [0.3, 0.4) is 0 Å². The maximum Gasteiger partial charge on any atom is 0.182 e. The van der Waals surface area contributed by atoms with Crippen LogP contribution < -0.4 is 0 Å². The predicted molar refractivity (Wildman–Crippen MR) is 65.7 cm³/mol. The fraction of sp³-hybridized carbons (Fsp3) is 0.214. The van der Waals surface area contributed by atoms with E-state index in [9.17, 15) is 13.6 Å². The Kier molecular flexibility index (Phi) is 4.06. The zero-order chi connectivity index (χ0) is 13.8. The van der Waals surface area contributed by atoms with E-state index < -0.39 is 23.0 Å². The first-order valence-corrected chi connectivity index (χ1v) is 5.74. The molecule has 0 amide bonds. The van der Waals surface area contributed by atoms with Crippen LogP contribution in [0.1, 0.15) is 15.9 Å². The third-order valence-corrected chi connectivity index (χ3v) is 2.69. The second-order valence-electron chi connectivity index (χ2n) is 4.32. The molecule has 0 saturated heterocycles. The largest absolute Gasteiger partial charge is 0.472 e. The molecule has 1 aromatic heterocycles. The van der Waals surface area contributed by atoms with E-state index in [-0.39, 0.29) is 6.54 Å². The highest BCUT2D eigenvalue weighted by Crippen LogP contribution is 2.13. The molecule has 19 heavy (non-hydrogen) atoms. The molecule has 2 rings (SSSR count). The van der Waals surface area contributed by atoms with E-state index in [2.05, 4.69) is 0 Å². The summed E-state index contributed by atoms with van der Waals surface area (Å²) in [6.07, 6.45) is 3.09. The van der Waals surface area contributed by atoms with Gasteiger partial charge in [0.1, 0.15) is 11.6 Å².